The van der Waals surface area contributed by atoms with E-state index in [1.807, 2.05) is 12.4 Å². The van der Waals surface area contributed by atoms with Crippen LogP contribution in [0.3, 0.4) is 0 Å². The van der Waals surface area contributed by atoms with Gasteiger partial charge in [-0.2, -0.15) is 0 Å². The van der Waals surface area contributed by atoms with Gasteiger partial charge in [-0.15, -0.1) is 0 Å². The van der Waals surface area contributed by atoms with Crippen LogP contribution in [0.15, 0.2) is 47.5 Å². The van der Waals surface area contributed by atoms with E-state index in [0.717, 1.165) is 17.7 Å². The zero-order valence-electron chi connectivity index (χ0n) is 11.8. The highest BCUT2D eigenvalue weighted by Gasteiger charge is 2.36. The topological polar surface area (TPSA) is 68.4 Å². The van der Waals surface area contributed by atoms with Gasteiger partial charge >= 0.3 is 0 Å². The lowest BCUT2D eigenvalue weighted by Gasteiger charge is -2.40. The molecule has 0 saturated carbocycles. The Kier molecular flexibility index (Phi) is 2.87. The van der Waals surface area contributed by atoms with Gasteiger partial charge in [-0.25, -0.2) is 0 Å². The number of carbonyl (C=O) groups excluding carboxylic acids is 1. The Hall–Kier alpha value is -2.05. The van der Waals surface area contributed by atoms with Crippen LogP contribution < -0.4 is 21.3 Å². The Bertz CT molecular complexity index is 591. The lowest BCUT2D eigenvalue weighted by Crippen LogP contribution is -2.67. The van der Waals surface area contributed by atoms with Crippen molar-refractivity contribution in [3.63, 3.8) is 0 Å². The van der Waals surface area contributed by atoms with Gasteiger partial charge in [-0.1, -0.05) is 6.08 Å². The van der Waals surface area contributed by atoms with E-state index in [2.05, 4.69) is 46.4 Å². The van der Waals surface area contributed by atoms with Crippen molar-refractivity contribution in [1.29, 1.82) is 0 Å². The molecule has 0 aromatic heterocycles. The van der Waals surface area contributed by atoms with Crippen LogP contribution in [0.5, 0.6) is 0 Å². The molecule has 110 valence electrons. The average Bonchev–Trinajstić information content (AvgIpc) is 3.11. The van der Waals surface area contributed by atoms with E-state index < -0.39 is 0 Å². The minimum atomic E-state index is 0.183. The Morgan fingerprint density at radius 2 is 2.29 bits per heavy atom. The number of amides is 1. The summed E-state index contributed by atoms with van der Waals surface area (Å²) in [7, 11) is 0. The first-order chi connectivity index (χ1) is 10.2. The van der Waals surface area contributed by atoms with Gasteiger partial charge in [0.15, 0.2) is 0 Å². The maximum atomic E-state index is 10.8. The van der Waals surface area contributed by atoms with Crippen molar-refractivity contribution in [1.82, 2.24) is 26.2 Å². The van der Waals surface area contributed by atoms with Crippen LogP contribution in [-0.4, -0.2) is 36.4 Å². The van der Waals surface area contributed by atoms with Gasteiger partial charge in [0.2, 0.25) is 6.41 Å². The van der Waals surface area contributed by atoms with Gasteiger partial charge in [0.25, 0.3) is 0 Å². The SMILES string of the molecule is CC1NC2NC=CC2C(NC2=CC3=CN(C=O)CC3=C2)N1. The molecule has 0 aromatic carbocycles. The first-order valence-corrected chi connectivity index (χ1v) is 7.30. The van der Waals surface area contributed by atoms with Crippen molar-refractivity contribution in [2.75, 3.05) is 6.54 Å². The highest BCUT2D eigenvalue weighted by atomic mass is 16.1. The number of allylic oxidation sites excluding steroid dienone is 2. The summed E-state index contributed by atoms with van der Waals surface area (Å²) in [5.74, 6) is 0.362. The molecule has 6 nitrogen and oxygen atoms in total. The maximum Gasteiger partial charge on any atom is 0.213 e. The molecule has 0 aromatic rings. The minimum Gasteiger partial charge on any atom is -0.375 e. The number of rotatable bonds is 3. The molecule has 0 bridgehead atoms. The van der Waals surface area contributed by atoms with Crippen LogP contribution in [-0.2, 0) is 4.79 Å². The predicted molar refractivity (Wildman–Crippen MR) is 79.2 cm³/mol. The molecule has 4 rings (SSSR count). The molecule has 1 fully saturated rings. The summed E-state index contributed by atoms with van der Waals surface area (Å²) in [6.45, 7) is 2.79. The fourth-order valence-corrected chi connectivity index (χ4v) is 3.37. The smallest absolute Gasteiger partial charge is 0.213 e. The van der Waals surface area contributed by atoms with Gasteiger partial charge in [0, 0.05) is 17.8 Å². The van der Waals surface area contributed by atoms with Crippen molar-refractivity contribution in [3.8, 4) is 0 Å². The van der Waals surface area contributed by atoms with Gasteiger partial charge < -0.3 is 15.5 Å². The summed E-state index contributed by atoms with van der Waals surface area (Å²) in [4.78, 5) is 12.4. The molecule has 3 heterocycles. The van der Waals surface area contributed by atoms with Crippen LogP contribution in [0.4, 0.5) is 0 Å². The molecule has 4 N–H and O–H groups in total. The summed E-state index contributed by atoms with van der Waals surface area (Å²) in [5.41, 5.74) is 3.43. The number of nitrogens with one attached hydrogen (secondary N) is 4. The quantitative estimate of drug-likeness (QED) is 0.535. The number of hydrogen-bond acceptors (Lipinski definition) is 5. The molecular formula is C15H19N5O. The average molecular weight is 285 g/mol. The molecular weight excluding hydrogens is 266 g/mol. The van der Waals surface area contributed by atoms with Crippen molar-refractivity contribution < 1.29 is 4.79 Å². The number of nitrogens with zero attached hydrogens (tertiary/aromatic N) is 1. The summed E-state index contributed by atoms with van der Waals surface area (Å²) in [6.07, 6.45) is 11.9. The van der Waals surface area contributed by atoms with Crippen molar-refractivity contribution in [3.05, 3.63) is 47.5 Å². The molecule has 1 saturated heterocycles. The molecule has 1 aliphatic carbocycles. The van der Waals surface area contributed by atoms with E-state index in [-0.39, 0.29) is 18.5 Å². The van der Waals surface area contributed by atoms with Crippen molar-refractivity contribution in [2.45, 2.75) is 25.4 Å². The van der Waals surface area contributed by atoms with E-state index in [4.69, 9.17) is 0 Å². The molecule has 6 heteroatoms. The number of hydrogen-bond donors (Lipinski definition) is 4. The second kappa shape index (κ2) is 4.75. The first kappa shape index (κ1) is 12.7. The predicted octanol–water partition coefficient (Wildman–Crippen LogP) is -0.320. The lowest BCUT2D eigenvalue weighted by molar-refractivity contribution is -0.115. The van der Waals surface area contributed by atoms with Gasteiger partial charge in [0.05, 0.1) is 25.0 Å². The summed E-state index contributed by atoms with van der Waals surface area (Å²) < 4.78 is 0. The highest BCUT2D eigenvalue weighted by molar-refractivity contribution is 5.62. The molecule has 4 aliphatic rings. The zero-order chi connectivity index (χ0) is 14.4. The largest absolute Gasteiger partial charge is 0.375 e. The Balaban J connectivity index is 1.49. The first-order valence-electron chi connectivity index (χ1n) is 7.30. The third-order valence-electron chi connectivity index (χ3n) is 4.35. The highest BCUT2D eigenvalue weighted by Crippen LogP contribution is 2.29. The second-order valence-electron chi connectivity index (χ2n) is 5.89. The fourth-order valence-electron chi connectivity index (χ4n) is 3.37. The summed E-state index contributed by atoms with van der Waals surface area (Å²) in [5, 5.41) is 13.9. The minimum absolute atomic E-state index is 0.183. The van der Waals surface area contributed by atoms with Crippen LogP contribution in [0, 0.1) is 5.92 Å². The summed E-state index contributed by atoms with van der Waals surface area (Å²) >= 11 is 0. The third-order valence-corrected chi connectivity index (χ3v) is 4.35. The zero-order valence-corrected chi connectivity index (χ0v) is 11.8. The van der Waals surface area contributed by atoms with Crippen LogP contribution in [0.1, 0.15) is 6.92 Å². The van der Waals surface area contributed by atoms with E-state index >= 15 is 0 Å². The summed E-state index contributed by atoms with van der Waals surface area (Å²) in [6, 6.07) is 0. The molecule has 0 radical (unpaired) electrons. The van der Waals surface area contributed by atoms with Crippen LogP contribution in [0.25, 0.3) is 0 Å². The molecule has 3 aliphatic heterocycles. The molecule has 0 spiro atoms. The standard InChI is InChI=1S/C15H19N5O/c1-9-17-14-13(2-3-16-14)15(18-9)19-12-4-10-6-20(8-21)7-11(10)5-12/h2-6,8-9,13-19H,7H2,1H3. The van der Waals surface area contributed by atoms with Gasteiger partial charge in [-0.3, -0.25) is 15.4 Å². The monoisotopic (exact) mass is 285 g/mol. The molecule has 1 amide bonds. The van der Waals surface area contributed by atoms with E-state index in [1.54, 1.807) is 4.90 Å². The van der Waals surface area contributed by atoms with E-state index in [0.29, 0.717) is 12.5 Å². The Morgan fingerprint density at radius 1 is 1.38 bits per heavy atom. The fraction of sp³-hybridized carbons (Fsp3) is 0.400. The maximum absolute atomic E-state index is 10.8. The van der Waals surface area contributed by atoms with Crippen molar-refractivity contribution in [2.24, 2.45) is 5.92 Å². The number of carbonyl (C=O) groups is 1. The lowest BCUT2D eigenvalue weighted by atomic mass is 10.0. The van der Waals surface area contributed by atoms with Crippen LogP contribution >= 0.6 is 0 Å². The molecule has 4 unspecified atom stereocenters. The normalized spacial score (nSPS) is 36.4. The Labute approximate surface area is 123 Å². The van der Waals surface area contributed by atoms with E-state index in [1.165, 1.54) is 5.57 Å². The third kappa shape index (κ3) is 2.16. The molecule has 21 heavy (non-hydrogen) atoms. The second-order valence-corrected chi connectivity index (χ2v) is 5.89. The number of fused-ring (bicyclic) bond motifs is 2. The Morgan fingerprint density at radius 3 is 3.10 bits per heavy atom. The molecule has 4 atom stereocenters. The van der Waals surface area contributed by atoms with E-state index in [9.17, 15) is 4.79 Å². The van der Waals surface area contributed by atoms with Crippen molar-refractivity contribution >= 4 is 6.41 Å². The van der Waals surface area contributed by atoms with Gasteiger partial charge in [0.1, 0.15) is 0 Å². The van der Waals surface area contributed by atoms with Gasteiger partial charge in [-0.05, 0) is 36.4 Å². The van der Waals surface area contributed by atoms with Crippen LogP contribution in [0.2, 0.25) is 0 Å².